The Labute approximate surface area is 191 Å². The summed E-state index contributed by atoms with van der Waals surface area (Å²) in [4.78, 5) is 0. The lowest BCUT2D eigenvalue weighted by molar-refractivity contribution is 0.197. The minimum absolute atomic E-state index is 0.270. The maximum atomic E-state index is 14.9. The minimum Gasteiger partial charge on any atom is -0.262 e. The van der Waals surface area contributed by atoms with Crippen molar-refractivity contribution in [3.05, 3.63) is 108 Å². The van der Waals surface area contributed by atoms with Crippen molar-refractivity contribution in [1.82, 2.24) is 9.34 Å². The average molecular weight is 444 g/mol. The van der Waals surface area contributed by atoms with Gasteiger partial charge in [-0.15, -0.1) is 0 Å². The highest BCUT2D eigenvalue weighted by Gasteiger charge is 2.55. The normalized spacial score (nSPS) is 23.4. The molecule has 5 heteroatoms. The molecule has 2 aliphatic rings. The maximum absolute atomic E-state index is 14.9. The molecule has 3 aromatic carbocycles. The van der Waals surface area contributed by atoms with E-state index in [1.807, 2.05) is 48.7 Å². The monoisotopic (exact) mass is 443 g/mol. The van der Waals surface area contributed by atoms with Gasteiger partial charge in [0.05, 0.1) is 0 Å². The van der Waals surface area contributed by atoms with E-state index >= 15 is 0 Å². The smallest absolute Gasteiger partial charge is 0.262 e. The SMILES string of the molecule is O=P1(/N=C/c2ccccc2)N(Cc2ccccc2)[C@@H]2CCCC[C@H]2N1Cc1ccccc1. The van der Waals surface area contributed by atoms with Gasteiger partial charge < -0.3 is 0 Å². The van der Waals surface area contributed by atoms with Gasteiger partial charge in [-0.25, -0.2) is 14.1 Å². The number of hydrogen-bond acceptors (Lipinski definition) is 1. The van der Waals surface area contributed by atoms with Crippen LogP contribution in [-0.2, 0) is 17.7 Å². The van der Waals surface area contributed by atoms with E-state index in [4.69, 9.17) is 4.76 Å². The number of hydrogen-bond donors (Lipinski definition) is 0. The molecule has 1 aliphatic heterocycles. The average Bonchev–Trinajstić information content (AvgIpc) is 3.08. The summed E-state index contributed by atoms with van der Waals surface area (Å²) < 4.78 is 24.2. The minimum atomic E-state index is -3.16. The van der Waals surface area contributed by atoms with Gasteiger partial charge in [0.2, 0.25) is 0 Å². The van der Waals surface area contributed by atoms with Crippen LogP contribution in [0.25, 0.3) is 0 Å². The van der Waals surface area contributed by atoms with Crippen LogP contribution in [-0.4, -0.2) is 27.6 Å². The van der Waals surface area contributed by atoms with Gasteiger partial charge in [0, 0.05) is 31.4 Å². The molecule has 0 spiro atoms. The van der Waals surface area contributed by atoms with Gasteiger partial charge in [-0.05, 0) is 29.5 Å². The molecule has 1 saturated heterocycles. The van der Waals surface area contributed by atoms with E-state index in [1.54, 1.807) is 0 Å². The molecule has 0 bridgehead atoms. The Kier molecular flexibility index (Phi) is 6.36. The van der Waals surface area contributed by atoms with Crippen LogP contribution in [0.4, 0.5) is 0 Å². The van der Waals surface area contributed by atoms with Crippen LogP contribution >= 0.6 is 7.59 Å². The third kappa shape index (κ3) is 4.36. The van der Waals surface area contributed by atoms with E-state index in [9.17, 15) is 4.57 Å². The summed E-state index contributed by atoms with van der Waals surface area (Å²) in [5.41, 5.74) is 3.36. The fourth-order valence-electron chi connectivity index (χ4n) is 5.09. The number of rotatable bonds is 6. The first-order valence-corrected chi connectivity index (χ1v) is 13.1. The largest absolute Gasteiger partial charge is 0.330 e. The van der Waals surface area contributed by atoms with Crippen molar-refractivity contribution in [3.63, 3.8) is 0 Å². The molecule has 5 rings (SSSR count). The van der Waals surface area contributed by atoms with Crippen molar-refractivity contribution >= 4 is 13.8 Å². The van der Waals surface area contributed by atoms with E-state index in [-0.39, 0.29) is 12.1 Å². The second-order valence-corrected chi connectivity index (χ2v) is 11.0. The first kappa shape index (κ1) is 21.3. The molecule has 3 aromatic rings. The van der Waals surface area contributed by atoms with Crippen LogP contribution < -0.4 is 0 Å². The van der Waals surface area contributed by atoms with Crippen molar-refractivity contribution in [2.75, 3.05) is 0 Å². The molecular weight excluding hydrogens is 413 g/mol. The molecule has 2 fully saturated rings. The standard InChI is InChI=1S/C27H30N3OP/c31-32(28-20-23-12-4-1-5-13-23)29(21-24-14-6-2-7-15-24)26-18-10-11-19-27(26)30(32)22-25-16-8-3-9-17-25/h1-9,12-17,20,26-27H,10-11,18-19,21-22H2/b28-20+/t26-,27-/m1/s1. The molecule has 4 nitrogen and oxygen atoms in total. The molecule has 164 valence electrons. The Balaban J connectivity index is 1.56. The van der Waals surface area contributed by atoms with Crippen LogP contribution in [0.15, 0.2) is 95.8 Å². The highest BCUT2D eigenvalue weighted by Crippen LogP contribution is 2.65. The lowest BCUT2D eigenvalue weighted by Gasteiger charge is -2.31. The van der Waals surface area contributed by atoms with Crippen molar-refractivity contribution < 1.29 is 4.57 Å². The summed E-state index contributed by atoms with van der Waals surface area (Å²) in [6.07, 6.45) is 6.34. The predicted molar refractivity (Wildman–Crippen MR) is 132 cm³/mol. The third-order valence-electron chi connectivity index (χ3n) is 6.66. The molecular formula is C27H30N3OP. The summed E-state index contributed by atoms with van der Waals surface area (Å²) in [5.74, 6) is 0. The molecule has 0 amide bonds. The molecule has 1 aliphatic carbocycles. The molecule has 1 saturated carbocycles. The van der Waals surface area contributed by atoms with Gasteiger partial charge in [-0.1, -0.05) is 104 Å². The predicted octanol–water partition coefficient (Wildman–Crippen LogP) is 6.54. The molecule has 0 unspecified atom stereocenters. The lowest BCUT2D eigenvalue weighted by Crippen LogP contribution is -2.39. The number of benzene rings is 3. The van der Waals surface area contributed by atoms with Gasteiger partial charge >= 0.3 is 7.59 Å². The van der Waals surface area contributed by atoms with E-state index in [0.717, 1.165) is 18.4 Å². The highest BCUT2D eigenvalue weighted by molar-refractivity contribution is 7.58. The van der Waals surface area contributed by atoms with E-state index < -0.39 is 7.59 Å². The quantitative estimate of drug-likeness (QED) is 0.320. The van der Waals surface area contributed by atoms with Crippen LogP contribution in [0.5, 0.6) is 0 Å². The summed E-state index contributed by atoms with van der Waals surface area (Å²) in [6, 6.07) is 31.4. The zero-order valence-electron chi connectivity index (χ0n) is 18.3. The zero-order chi connectivity index (χ0) is 21.8. The third-order valence-corrected chi connectivity index (χ3v) is 9.29. The van der Waals surface area contributed by atoms with E-state index in [2.05, 4.69) is 57.9 Å². The lowest BCUT2D eigenvalue weighted by atomic mass is 9.90. The van der Waals surface area contributed by atoms with Gasteiger partial charge in [0.1, 0.15) is 0 Å². The Morgan fingerprint density at radius 1 is 0.719 bits per heavy atom. The topological polar surface area (TPSA) is 35.9 Å². The summed E-state index contributed by atoms with van der Waals surface area (Å²) in [7, 11) is -3.16. The molecule has 1 heterocycles. The molecule has 0 radical (unpaired) electrons. The Hall–Kier alpha value is -2.52. The second kappa shape index (κ2) is 9.54. The van der Waals surface area contributed by atoms with Crippen LogP contribution in [0.2, 0.25) is 0 Å². The molecule has 0 aromatic heterocycles. The van der Waals surface area contributed by atoms with E-state index in [0.29, 0.717) is 13.1 Å². The fraction of sp³-hybridized carbons (Fsp3) is 0.296. The van der Waals surface area contributed by atoms with Crippen LogP contribution in [0.1, 0.15) is 42.4 Å². The fourth-order valence-corrected chi connectivity index (χ4v) is 7.95. The van der Waals surface area contributed by atoms with Crippen molar-refractivity contribution in [1.29, 1.82) is 0 Å². The first-order valence-electron chi connectivity index (χ1n) is 11.6. The Morgan fingerprint density at radius 3 is 1.62 bits per heavy atom. The van der Waals surface area contributed by atoms with Crippen molar-refractivity contribution in [2.45, 2.75) is 50.9 Å². The Morgan fingerprint density at radius 2 is 1.16 bits per heavy atom. The summed E-state index contributed by atoms with van der Waals surface area (Å²) in [5, 5.41) is 0. The second-order valence-electron chi connectivity index (χ2n) is 8.75. The summed E-state index contributed by atoms with van der Waals surface area (Å²) in [6.45, 7) is 1.33. The van der Waals surface area contributed by atoms with Gasteiger partial charge in [0.25, 0.3) is 0 Å². The maximum Gasteiger partial charge on any atom is 0.330 e. The van der Waals surface area contributed by atoms with Crippen molar-refractivity contribution in [2.24, 2.45) is 4.76 Å². The van der Waals surface area contributed by atoms with Gasteiger partial charge in [-0.3, -0.25) is 4.57 Å². The molecule has 0 N–H and O–H groups in total. The highest BCUT2D eigenvalue weighted by atomic mass is 31.2. The van der Waals surface area contributed by atoms with Crippen LogP contribution in [0, 0.1) is 0 Å². The van der Waals surface area contributed by atoms with Gasteiger partial charge in [0.15, 0.2) is 0 Å². The summed E-state index contributed by atoms with van der Waals surface area (Å²) >= 11 is 0. The van der Waals surface area contributed by atoms with Crippen molar-refractivity contribution in [3.8, 4) is 0 Å². The molecule has 2 atom stereocenters. The van der Waals surface area contributed by atoms with Crippen LogP contribution in [0.3, 0.4) is 0 Å². The van der Waals surface area contributed by atoms with E-state index in [1.165, 1.54) is 24.0 Å². The first-order chi connectivity index (χ1) is 15.7. The zero-order valence-corrected chi connectivity index (χ0v) is 19.2. The number of nitrogens with zero attached hydrogens (tertiary/aromatic N) is 3. The molecule has 32 heavy (non-hydrogen) atoms. The van der Waals surface area contributed by atoms with Gasteiger partial charge in [-0.2, -0.15) is 0 Å². The number of fused-ring (bicyclic) bond motifs is 1. The Bertz CT molecular complexity index is 1030.